The molecule has 1 aliphatic rings. The van der Waals surface area contributed by atoms with Gasteiger partial charge in [-0.3, -0.25) is 9.59 Å². The molecule has 0 saturated carbocycles. The Bertz CT molecular complexity index is 706. The Morgan fingerprint density at radius 3 is 2.38 bits per heavy atom. The highest BCUT2D eigenvalue weighted by Gasteiger charge is 2.35. The lowest BCUT2D eigenvalue weighted by Gasteiger charge is -2.25. The molecular weight excluding hydrogens is 320 g/mol. The number of hydrogen-bond donors (Lipinski definition) is 1. The summed E-state index contributed by atoms with van der Waals surface area (Å²) in [4.78, 5) is 27.0. The summed E-state index contributed by atoms with van der Waals surface area (Å²) < 4.78 is 0. The minimum absolute atomic E-state index is 0.0852. The topological polar surface area (TPSA) is 49.4 Å². The Kier molecular flexibility index (Phi) is 5.20. The van der Waals surface area contributed by atoms with Gasteiger partial charge < -0.3 is 10.2 Å². The Hall–Kier alpha value is -2.27. The van der Waals surface area contributed by atoms with Crippen LogP contribution in [0.5, 0.6) is 0 Å². The van der Waals surface area contributed by atoms with Crippen LogP contribution < -0.4 is 5.32 Å². The number of hydrogen-bond acceptors (Lipinski definition) is 3. The first kappa shape index (κ1) is 16.6. The zero-order valence-corrected chi connectivity index (χ0v) is 14.3. The van der Waals surface area contributed by atoms with E-state index in [4.69, 9.17) is 0 Å². The van der Waals surface area contributed by atoms with Crippen LogP contribution in [0, 0.1) is 0 Å². The molecule has 1 heterocycles. The Labute approximate surface area is 146 Å². The maximum Gasteiger partial charge on any atom is 0.255 e. The van der Waals surface area contributed by atoms with Crippen molar-refractivity contribution in [1.82, 2.24) is 10.2 Å². The molecule has 1 fully saturated rings. The summed E-state index contributed by atoms with van der Waals surface area (Å²) in [6, 6.07) is 18.4. The van der Waals surface area contributed by atoms with Gasteiger partial charge in [-0.25, -0.2) is 0 Å². The van der Waals surface area contributed by atoms with Crippen molar-refractivity contribution in [1.29, 1.82) is 0 Å². The molecule has 2 aromatic carbocycles. The monoisotopic (exact) mass is 340 g/mol. The summed E-state index contributed by atoms with van der Waals surface area (Å²) in [7, 11) is 0. The van der Waals surface area contributed by atoms with Gasteiger partial charge in [-0.05, 0) is 24.6 Å². The lowest BCUT2D eigenvalue weighted by molar-refractivity contribution is -0.125. The fourth-order valence-electron chi connectivity index (χ4n) is 2.74. The molecular formula is C19H20N2O2S. The number of nitrogens with one attached hydrogen (secondary N) is 1. The van der Waals surface area contributed by atoms with Crippen molar-refractivity contribution in [3.05, 3.63) is 71.8 Å². The van der Waals surface area contributed by atoms with E-state index in [0.717, 1.165) is 5.56 Å². The molecule has 2 amide bonds. The summed E-state index contributed by atoms with van der Waals surface area (Å²) >= 11 is 1.61. The van der Waals surface area contributed by atoms with Gasteiger partial charge in [-0.2, -0.15) is 0 Å². The summed E-state index contributed by atoms with van der Waals surface area (Å²) in [5, 5.41) is 3.03. The highest BCUT2D eigenvalue weighted by atomic mass is 32.2. The smallest absolute Gasteiger partial charge is 0.255 e. The van der Waals surface area contributed by atoms with E-state index in [1.54, 1.807) is 28.8 Å². The lowest BCUT2D eigenvalue weighted by Crippen LogP contribution is -2.47. The van der Waals surface area contributed by atoms with Crippen LogP contribution in [0.2, 0.25) is 0 Å². The third-order valence-electron chi connectivity index (χ3n) is 4.12. The Morgan fingerprint density at radius 2 is 1.71 bits per heavy atom. The minimum Gasteiger partial charge on any atom is -0.348 e. The maximum absolute atomic E-state index is 12.7. The van der Waals surface area contributed by atoms with Crippen LogP contribution in [0.15, 0.2) is 60.7 Å². The molecule has 0 bridgehead atoms. The van der Waals surface area contributed by atoms with Crippen molar-refractivity contribution >= 4 is 23.6 Å². The van der Waals surface area contributed by atoms with Crippen molar-refractivity contribution in [2.45, 2.75) is 19.0 Å². The van der Waals surface area contributed by atoms with E-state index >= 15 is 0 Å². The molecule has 4 nitrogen and oxygen atoms in total. The van der Waals surface area contributed by atoms with Gasteiger partial charge >= 0.3 is 0 Å². The molecule has 24 heavy (non-hydrogen) atoms. The lowest BCUT2D eigenvalue weighted by atomic mass is 10.1. The zero-order valence-electron chi connectivity index (χ0n) is 13.5. The highest BCUT2D eigenvalue weighted by molar-refractivity contribution is 7.99. The second-order valence-electron chi connectivity index (χ2n) is 5.80. The van der Waals surface area contributed by atoms with Crippen LogP contribution in [0.4, 0.5) is 0 Å². The molecule has 2 atom stereocenters. The normalized spacial score (nSPS) is 18.2. The van der Waals surface area contributed by atoms with E-state index in [9.17, 15) is 9.59 Å². The quantitative estimate of drug-likeness (QED) is 0.930. The molecule has 0 spiro atoms. The van der Waals surface area contributed by atoms with Crippen LogP contribution >= 0.6 is 11.8 Å². The molecule has 124 valence electrons. The van der Waals surface area contributed by atoms with E-state index in [1.807, 2.05) is 55.5 Å². The fourth-order valence-corrected chi connectivity index (χ4v) is 3.90. The van der Waals surface area contributed by atoms with Crippen LogP contribution in [0.1, 0.15) is 28.9 Å². The van der Waals surface area contributed by atoms with E-state index in [-0.39, 0.29) is 17.9 Å². The largest absolute Gasteiger partial charge is 0.348 e. The average molecular weight is 340 g/mol. The standard InChI is InChI=1S/C19H20N2O2S/c1-14(15-8-4-2-5-9-15)20-18(22)17-12-24-13-21(17)19(23)16-10-6-3-7-11-16/h2-11,14,17H,12-13H2,1H3,(H,20,22)/t14-,17+/m0/s1. The van der Waals surface area contributed by atoms with Crippen molar-refractivity contribution in [3.8, 4) is 0 Å². The number of carbonyl (C=O) groups excluding carboxylic acids is 2. The highest BCUT2D eigenvalue weighted by Crippen LogP contribution is 2.24. The maximum atomic E-state index is 12.7. The molecule has 1 saturated heterocycles. The van der Waals surface area contributed by atoms with Gasteiger partial charge in [0.05, 0.1) is 11.9 Å². The third kappa shape index (κ3) is 3.62. The van der Waals surface area contributed by atoms with Crippen LogP contribution in [-0.4, -0.2) is 34.4 Å². The summed E-state index contributed by atoms with van der Waals surface area (Å²) in [6.45, 7) is 1.96. The minimum atomic E-state index is -0.422. The van der Waals surface area contributed by atoms with Gasteiger partial charge in [0.2, 0.25) is 5.91 Å². The Balaban J connectivity index is 1.69. The molecule has 0 aromatic heterocycles. The van der Waals surface area contributed by atoms with Crippen molar-refractivity contribution in [3.63, 3.8) is 0 Å². The van der Waals surface area contributed by atoms with E-state index in [2.05, 4.69) is 5.32 Å². The van der Waals surface area contributed by atoms with Crippen molar-refractivity contribution < 1.29 is 9.59 Å². The number of thioether (sulfide) groups is 1. The molecule has 0 unspecified atom stereocenters. The molecule has 0 aliphatic carbocycles. The fraction of sp³-hybridized carbons (Fsp3) is 0.263. The first-order valence-electron chi connectivity index (χ1n) is 7.96. The predicted octanol–water partition coefficient (Wildman–Crippen LogP) is 3.08. The second-order valence-corrected chi connectivity index (χ2v) is 6.80. The molecule has 1 aliphatic heterocycles. The number of benzene rings is 2. The van der Waals surface area contributed by atoms with Gasteiger partial charge in [0.15, 0.2) is 0 Å². The molecule has 3 rings (SSSR count). The predicted molar refractivity (Wildman–Crippen MR) is 96.7 cm³/mol. The summed E-state index contributed by atoms with van der Waals surface area (Å²) in [5.74, 6) is 0.992. The molecule has 1 N–H and O–H groups in total. The van der Waals surface area contributed by atoms with Gasteiger partial charge in [0, 0.05) is 11.3 Å². The van der Waals surface area contributed by atoms with Crippen molar-refractivity contribution in [2.75, 3.05) is 11.6 Å². The van der Waals surface area contributed by atoms with Gasteiger partial charge in [0.25, 0.3) is 5.91 Å². The number of carbonyl (C=O) groups is 2. The van der Waals surface area contributed by atoms with Crippen molar-refractivity contribution in [2.24, 2.45) is 0 Å². The van der Waals surface area contributed by atoms with E-state index in [1.165, 1.54) is 0 Å². The first-order valence-corrected chi connectivity index (χ1v) is 9.11. The van der Waals surface area contributed by atoms with Gasteiger partial charge in [-0.1, -0.05) is 48.5 Å². The average Bonchev–Trinajstić information content (AvgIpc) is 3.12. The summed E-state index contributed by atoms with van der Waals surface area (Å²) in [5.41, 5.74) is 1.67. The number of amides is 2. The van der Waals surface area contributed by atoms with Crippen LogP contribution in [0.25, 0.3) is 0 Å². The van der Waals surface area contributed by atoms with Crippen LogP contribution in [-0.2, 0) is 4.79 Å². The van der Waals surface area contributed by atoms with Gasteiger partial charge in [0.1, 0.15) is 6.04 Å². The van der Waals surface area contributed by atoms with Gasteiger partial charge in [-0.15, -0.1) is 11.8 Å². The number of nitrogens with zero attached hydrogens (tertiary/aromatic N) is 1. The summed E-state index contributed by atoms with van der Waals surface area (Å²) in [6.07, 6.45) is 0. The zero-order chi connectivity index (χ0) is 16.9. The van der Waals surface area contributed by atoms with Crippen LogP contribution in [0.3, 0.4) is 0 Å². The second kappa shape index (κ2) is 7.53. The number of rotatable bonds is 4. The van der Waals surface area contributed by atoms with E-state index in [0.29, 0.717) is 17.2 Å². The molecule has 0 radical (unpaired) electrons. The molecule has 5 heteroatoms. The third-order valence-corrected chi connectivity index (χ3v) is 5.14. The van der Waals surface area contributed by atoms with E-state index < -0.39 is 6.04 Å². The molecule has 2 aromatic rings. The Morgan fingerprint density at radius 1 is 1.08 bits per heavy atom. The SMILES string of the molecule is C[C@H](NC(=O)[C@H]1CSCN1C(=O)c1ccccc1)c1ccccc1. The first-order chi connectivity index (χ1) is 11.7.